The molecule has 1 aromatic rings. The zero-order chi connectivity index (χ0) is 12.4. The van der Waals surface area contributed by atoms with E-state index in [2.05, 4.69) is 4.90 Å². The molecule has 2 N–H and O–H groups in total. The van der Waals surface area contributed by atoms with E-state index in [0.717, 1.165) is 23.5 Å². The SMILES string of the molecule is CC(N)c1cccc(F)c1N(C)C1CCSC1. The highest BCUT2D eigenvalue weighted by Gasteiger charge is 2.24. The Balaban J connectivity index is 2.35. The molecule has 1 aliphatic heterocycles. The molecule has 0 amide bonds. The minimum Gasteiger partial charge on any atom is -0.368 e. The van der Waals surface area contributed by atoms with E-state index in [0.29, 0.717) is 11.7 Å². The molecule has 1 heterocycles. The topological polar surface area (TPSA) is 29.3 Å². The van der Waals surface area contributed by atoms with Crippen LogP contribution in [0.15, 0.2) is 18.2 Å². The summed E-state index contributed by atoms with van der Waals surface area (Å²) in [7, 11) is 1.97. The molecule has 2 unspecified atom stereocenters. The van der Waals surface area contributed by atoms with Gasteiger partial charge in [-0.3, -0.25) is 0 Å². The van der Waals surface area contributed by atoms with Crippen molar-refractivity contribution in [2.24, 2.45) is 5.73 Å². The summed E-state index contributed by atoms with van der Waals surface area (Å²) in [6.07, 6.45) is 1.12. The lowest BCUT2D eigenvalue weighted by Crippen LogP contribution is -2.33. The Hall–Kier alpha value is -0.740. The van der Waals surface area contributed by atoms with Gasteiger partial charge in [0.05, 0.1) is 5.69 Å². The molecule has 1 saturated heterocycles. The van der Waals surface area contributed by atoms with E-state index in [9.17, 15) is 4.39 Å². The van der Waals surface area contributed by atoms with Crippen molar-refractivity contribution in [3.63, 3.8) is 0 Å². The van der Waals surface area contributed by atoms with Gasteiger partial charge in [0.15, 0.2) is 0 Å². The van der Waals surface area contributed by atoms with Crippen LogP contribution in [0.5, 0.6) is 0 Å². The highest BCUT2D eigenvalue weighted by molar-refractivity contribution is 7.99. The fourth-order valence-electron chi connectivity index (χ4n) is 2.28. The van der Waals surface area contributed by atoms with Gasteiger partial charge in [-0.05, 0) is 30.7 Å². The van der Waals surface area contributed by atoms with Crippen molar-refractivity contribution in [1.82, 2.24) is 0 Å². The summed E-state index contributed by atoms with van der Waals surface area (Å²) in [6.45, 7) is 1.90. The van der Waals surface area contributed by atoms with Crippen molar-refractivity contribution in [3.8, 4) is 0 Å². The molecule has 0 bridgehead atoms. The number of anilines is 1. The Bertz CT molecular complexity index is 389. The molecular weight excluding hydrogens is 235 g/mol. The van der Waals surface area contributed by atoms with Crippen LogP contribution < -0.4 is 10.6 Å². The molecule has 0 aromatic heterocycles. The molecule has 94 valence electrons. The average molecular weight is 254 g/mol. The molecule has 17 heavy (non-hydrogen) atoms. The Morgan fingerprint density at radius 2 is 2.29 bits per heavy atom. The maximum Gasteiger partial charge on any atom is 0.146 e. The monoisotopic (exact) mass is 254 g/mol. The molecule has 2 atom stereocenters. The Morgan fingerprint density at radius 3 is 2.88 bits per heavy atom. The lowest BCUT2D eigenvalue weighted by atomic mass is 10.0. The molecule has 2 rings (SSSR count). The number of hydrogen-bond acceptors (Lipinski definition) is 3. The van der Waals surface area contributed by atoms with E-state index in [4.69, 9.17) is 5.73 Å². The van der Waals surface area contributed by atoms with Crippen molar-refractivity contribution < 1.29 is 4.39 Å². The number of rotatable bonds is 3. The van der Waals surface area contributed by atoms with Gasteiger partial charge in [-0.1, -0.05) is 12.1 Å². The zero-order valence-electron chi connectivity index (χ0n) is 10.3. The number of thioether (sulfide) groups is 1. The molecule has 0 spiro atoms. The third kappa shape index (κ3) is 2.58. The van der Waals surface area contributed by atoms with Crippen molar-refractivity contribution in [1.29, 1.82) is 0 Å². The average Bonchev–Trinajstić information content (AvgIpc) is 2.81. The minimum atomic E-state index is -0.167. The summed E-state index contributed by atoms with van der Waals surface area (Å²) >= 11 is 1.93. The summed E-state index contributed by atoms with van der Waals surface area (Å²) in [5.41, 5.74) is 7.49. The van der Waals surface area contributed by atoms with E-state index in [1.807, 2.05) is 31.8 Å². The normalized spacial score (nSPS) is 21.5. The summed E-state index contributed by atoms with van der Waals surface area (Å²) in [4.78, 5) is 2.06. The van der Waals surface area contributed by atoms with Gasteiger partial charge in [0.1, 0.15) is 5.82 Å². The summed E-state index contributed by atoms with van der Waals surface area (Å²) in [6, 6.07) is 5.45. The molecule has 0 radical (unpaired) electrons. The second-order valence-corrected chi connectivity index (χ2v) is 5.74. The number of para-hydroxylation sites is 1. The van der Waals surface area contributed by atoms with E-state index in [1.54, 1.807) is 6.07 Å². The van der Waals surface area contributed by atoms with Crippen LogP contribution in [-0.4, -0.2) is 24.6 Å². The molecule has 2 nitrogen and oxygen atoms in total. The number of nitrogens with two attached hydrogens (primary N) is 1. The molecule has 1 aliphatic rings. The Kier molecular flexibility index (Phi) is 3.94. The quantitative estimate of drug-likeness (QED) is 0.899. The predicted molar refractivity (Wildman–Crippen MR) is 73.1 cm³/mol. The molecule has 0 aliphatic carbocycles. The van der Waals surface area contributed by atoms with E-state index >= 15 is 0 Å². The van der Waals surface area contributed by atoms with Crippen molar-refractivity contribution in [2.45, 2.75) is 25.4 Å². The first-order valence-corrected chi connectivity index (χ1v) is 7.11. The second kappa shape index (κ2) is 5.27. The maximum absolute atomic E-state index is 14.0. The fraction of sp³-hybridized carbons (Fsp3) is 0.538. The van der Waals surface area contributed by atoms with Crippen LogP contribution in [0.2, 0.25) is 0 Å². The highest BCUT2D eigenvalue weighted by atomic mass is 32.2. The first kappa shape index (κ1) is 12.7. The third-order valence-electron chi connectivity index (χ3n) is 3.31. The highest BCUT2D eigenvalue weighted by Crippen LogP contribution is 2.32. The van der Waals surface area contributed by atoms with Gasteiger partial charge in [-0.2, -0.15) is 11.8 Å². The van der Waals surface area contributed by atoms with Crippen LogP contribution >= 0.6 is 11.8 Å². The molecule has 0 saturated carbocycles. The van der Waals surface area contributed by atoms with Crippen LogP contribution in [0.3, 0.4) is 0 Å². The largest absolute Gasteiger partial charge is 0.368 e. The molecule has 1 fully saturated rings. The van der Waals surface area contributed by atoms with Gasteiger partial charge >= 0.3 is 0 Å². The fourth-order valence-corrected chi connectivity index (χ4v) is 3.55. The zero-order valence-corrected chi connectivity index (χ0v) is 11.1. The molecule has 4 heteroatoms. The van der Waals surface area contributed by atoms with Gasteiger partial charge < -0.3 is 10.6 Å². The number of nitrogens with zero attached hydrogens (tertiary/aromatic N) is 1. The Morgan fingerprint density at radius 1 is 1.53 bits per heavy atom. The first-order valence-electron chi connectivity index (χ1n) is 5.96. The van der Waals surface area contributed by atoms with E-state index < -0.39 is 0 Å². The van der Waals surface area contributed by atoms with E-state index in [-0.39, 0.29) is 11.9 Å². The van der Waals surface area contributed by atoms with Crippen LogP contribution in [-0.2, 0) is 0 Å². The van der Waals surface area contributed by atoms with Gasteiger partial charge in [0, 0.05) is 24.9 Å². The van der Waals surface area contributed by atoms with Crippen LogP contribution in [0, 0.1) is 5.82 Å². The number of halogens is 1. The van der Waals surface area contributed by atoms with Crippen LogP contribution in [0.1, 0.15) is 24.9 Å². The van der Waals surface area contributed by atoms with Gasteiger partial charge in [0.25, 0.3) is 0 Å². The lowest BCUT2D eigenvalue weighted by Gasteiger charge is -2.29. The second-order valence-electron chi connectivity index (χ2n) is 4.59. The Labute approximate surface area is 106 Å². The van der Waals surface area contributed by atoms with Gasteiger partial charge in [0.2, 0.25) is 0 Å². The third-order valence-corrected chi connectivity index (χ3v) is 4.46. The predicted octanol–water partition coefficient (Wildman–Crippen LogP) is 2.79. The molecular formula is C13H19FN2S. The standard InChI is InChI=1S/C13H19FN2S/c1-9(15)11-4-3-5-12(14)13(11)16(2)10-6-7-17-8-10/h3-5,9-10H,6-8,15H2,1-2H3. The smallest absolute Gasteiger partial charge is 0.146 e. The van der Waals surface area contributed by atoms with E-state index in [1.165, 1.54) is 6.07 Å². The van der Waals surface area contributed by atoms with Crippen LogP contribution in [0.25, 0.3) is 0 Å². The first-order chi connectivity index (χ1) is 8.11. The summed E-state index contributed by atoms with van der Waals surface area (Å²) < 4.78 is 14.0. The molecule has 1 aromatic carbocycles. The summed E-state index contributed by atoms with van der Waals surface area (Å²) in [5, 5.41) is 0. The number of benzene rings is 1. The lowest BCUT2D eigenvalue weighted by molar-refractivity contribution is 0.600. The van der Waals surface area contributed by atoms with Crippen molar-refractivity contribution in [2.75, 3.05) is 23.5 Å². The maximum atomic E-state index is 14.0. The van der Waals surface area contributed by atoms with Crippen molar-refractivity contribution in [3.05, 3.63) is 29.6 Å². The van der Waals surface area contributed by atoms with Crippen molar-refractivity contribution >= 4 is 17.4 Å². The van der Waals surface area contributed by atoms with Crippen LogP contribution in [0.4, 0.5) is 10.1 Å². The summed E-state index contributed by atoms with van der Waals surface area (Å²) in [5.74, 6) is 2.07. The number of hydrogen-bond donors (Lipinski definition) is 1. The minimum absolute atomic E-state index is 0.141. The van der Waals surface area contributed by atoms with Gasteiger partial charge in [-0.25, -0.2) is 4.39 Å². The van der Waals surface area contributed by atoms with Gasteiger partial charge in [-0.15, -0.1) is 0 Å².